The summed E-state index contributed by atoms with van der Waals surface area (Å²) in [6.45, 7) is 0.328. The van der Waals surface area contributed by atoms with Gasteiger partial charge in [-0.15, -0.1) is 0 Å². The third-order valence-electron chi connectivity index (χ3n) is 4.31. The molecule has 0 aliphatic heterocycles. The van der Waals surface area contributed by atoms with Crippen LogP contribution >= 0.6 is 0 Å². The molecule has 0 bridgehead atoms. The predicted molar refractivity (Wildman–Crippen MR) is 107 cm³/mol. The smallest absolute Gasteiger partial charge is 0.251 e. The molecular weight excluding hydrogens is 355 g/mol. The Bertz CT molecular complexity index is 923. The third-order valence-corrected chi connectivity index (χ3v) is 4.31. The van der Waals surface area contributed by atoms with E-state index in [1.807, 2.05) is 42.5 Å². The Morgan fingerprint density at radius 2 is 1.39 bits per heavy atom. The van der Waals surface area contributed by atoms with E-state index in [0.29, 0.717) is 18.5 Å². The highest BCUT2D eigenvalue weighted by Gasteiger charge is 2.08. The number of nitrogens with one attached hydrogen (secondary N) is 2. The van der Waals surface area contributed by atoms with E-state index in [4.69, 9.17) is 0 Å². The van der Waals surface area contributed by atoms with Gasteiger partial charge in [0.25, 0.3) is 5.91 Å². The monoisotopic (exact) mass is 376 g/mol. The quantitative estimate of drug-likeness (QED) is 0.662. The molecule has 0 spiro atoms. The highest BCUT2D eigenvalue weighted by atomic mass is 19.1. The van der Waals surface area contributed by atoms with Gasteiger partial charge in [-0.1, -0.05) is 54.6 Å². The number of carbonyl (C=O) groups excluding carboxylic acids is 2. The first-order valence-electron chi connectivity index (χ1n) is 9.06. The maximum atomic E-state index is 12.9. The lowest BCUT2D eigenvalue weighted by Crippen LogP contribution is -2.37. The van der Waals surface area contributed by atoms with Crippen LogP contribution in [0.5, 0.6) is 0 Å². The summed E-state index contributed by atoms with van der Waals surface area (Å²) in [5, 5.41) is 5.35. The summed E-state index contributed by atoms with van der Waals surface area (Å²) in [6.07, 6.45) is 0.598. The van der Waals surface area contributed by atoms with Crippen LogP contribution < -0.4 is 10.6 Å². The van der Waals surface area contributed by atoms with Gasteiger partial charge in [-0.3, -0.25) is 9.59 Å². The predicted octanol–water partition coefficient (Wildman–Crippen LogP) is 3.58. The zero-order valence-corrected chi connectivity index (χ0v) is 15.3. The maximum Gasteiger partial charge on any atom is 0.251 e. The van der Waals surface area contributed by atoms with Crippen molar-refractivity contribution in [2.45, 2.75) is 6.42 Å². The van der Waals surface area contributed by atoms with Crippen molar-refractivity contribution < 1.29 is 14.0 Å². The lowest BCUT2D eigenvalue weighted by Gasteiger charge is -2.08. The molecule has 0 saturated carbocycles. The van der Waals surface area contributed by atoms with Gasteiger partial charge in [-0.05, 0) is 47.4 Å². The second kappa shape index (κ2) is 9.46. The van der Waals surface area contributed by atoms with E-state index >= 15 is 0 Å². The molecule has 0 atom stereocenters. The minimum Gasteiger partial charge on any atom is -0.354 e. The average molecular weight is 376 g/mol. The van der Waals surface area contributed by atoms with Crippen molar-refractivity contribution in [2.75, 3.05) is 13.1 Å². The molecule has 0 unspecified atom stereocenters. The Labute approximate surface area is 163 Å². The first-order valence-corrected chi connectivity index (χ1v) is 9.06. The van der Waals surface area contributed by atoms with Crippen molar-refractivity contribution in [1.82, 2.24) is 10.6 Å². The number of rotatable bonds is 7. The molecule has 3 aromatic rings. The number of halogens is 1. The molecule has 3 aromatic carbocycles. The Balaban J connectivity index is 1.43. The van der Waals surface area contributed by atoms with Gasteiger partial charge in [-0.2, -0.15) is 0 Å². The van der Waals surface area contributed by atoms with Crippen LogP contribution in [0.3, 0.4) is 0 Å². The zero-order chi connectivity index (χ0) is 19.8. The molecule has 0 saturated heterocycles. The molecule has 142 valence electrons. The van der Waals surface area contributed by atoms with Crippen LogP contribution in [-0.4, -0.2) is 24.9 Å². The van der Waals surface area contributed by atoms with E-state index in [0.717, 1.165) is 16.7 Å². The van der Waals surface area contributed by atoms with Crippen molar-refractivity contribution in [2.24, 2.45) is 0 Å². The minimum absolute atomic E-state index is 0.0946. The van der Waals surface area contributed by atoms with E-state index < -0.39 is 0 Å². The highest BCUT2D eigenvalue weighted by molar-refractivity contribution is 5.96. The van der Waals surface area contributed by atoms with E-state index in [2.05, 4.69) is 10.6 Å². The molecule has 0 aliphatic carbocycles. The lowest BCUT2D eigenvalue weighted by atomic mass is 10.0. The minimum atomic E-state index is -0.298. The normalized spacial score (nSPS) is 10.3. The fraction of sp³-hybridized carbons (Fsp3) is 0.130. The van der Waals surface area contributed by atoms with Crippen LogP contribution in [0.2, 0.25) is 0 Å². The Morgan fingerprint density at radius 3 is 2.07 bits per heavy atom. The van der Waals surface area contributed by atoms with Crippen LogP contribution in [0.25, 0.3) is 11.1 Å². The Hall–Kier alpha value is -3.47. The second-order valence-electron chi connectivity index (χ2n) is 6.35. The van der Waals surface area contributed by atoms with E-state index in [9.17, 15) is 14.0 Å². The van der Waals surface area contributed by atoms with Crippen molar-refractivity contribution in [1.29, 1.82) is 0 Å². The summed E-state index contributed by atoms with van der Waals surface area (Å²) in [5.41, 5.74) is 3.54. The third kappa shape index (κ3) is 5.51. The van der Waals surface area contributed by atoms with Crippen molar-refractivity contribution in [3.8, 4) is 11.1 Å². The van der Waals surface area contributed by atoms with E-state index in [-0.39, 0.29) is 24.2 Å². The molecule has 28 heavy (non-hydrogen) atoms. The molecule has 0 fully saturated rings. The van der Waals surface area contributed by atoms with Crippen molar-refractivity contribution in [3.05, 3.63) is 95.8 Å². The summed E-state index contributed by atoms with van der Waals surface area (Å²) in [7, 11) is 0. The fourth-order valence-electron chi connectivity index (χ4n) is 2.77. The molecule has 0 aliphatic rings. The van der Waals surface area contributed by atoms with Gasteiger partial charge in [0.15, 0.2) is 0 Å². The molecule has 0 heterocycles. The fourth-order valence-corrected chi connectivity index (χ4v) is 2.77. The van der Waals surface area contributed by atoms with Gasteiger partial charge in [0, 0.05) is 12.1 Å². The van der Waals surface area contributed by atoms with Gasteiger partial charge in [0.1, 0.15) is 5.82 Å². The Kier molecular flexibility index (Phi) is 6.52. The summed E-state index contributed by atoms with van der Waals surface area (Å²) in [4.78, 5) is 24.1. The molecule has 5 heteroatoms. The number of hydrogen-bond acceptors (Lipinski definition) is 2. The average Bonchev–Trinajstić information content (AvgIpc) is 2.74. The van der Waals surface area contributed by atoms with Gasteiger partial charge in [0.2, 0.25) is 5.91 Å². The number of amides is 2. The number of benzene rings is 3. The van der Waals surface area contributed by atoms with Gasteiger partial charge in [0.05, 0.1) is 6.54 Å². The molecule has 4 nitrogen and oxygen atoms in total. The first-order chi connectivity index (χ1) is 13.6. The standard InChI is InChI=1S/C23H21FN2O2/c24-21-12-6-17(7-13-21)14-15-25-22(27)16-26-23(28)20-10-8-19(9-11-20)18-4-2-1-3-5-18/h1-13H,14-16H2,(H,25,27)(H,26,28). The zero-order valence-electron chi connectivity index (χ0n) is 15.3. The van der Waals surface area contributed by atoms with Crippen LogP contribution in [0.1, 0.15) is 15.9 Å². The highest BCUT2D eigenvalue weighted by Crippen LogP contribution is 2.19. The second-order valence-corrected chi connectivity index (χ2v) is 6.35. The van der Waals surface area contributed by atoms with Crippen molar-refractivity contribution in [3.63, 3.8) is 0 Å². The van der Waals surface area contributed by atoms with E-state index in [1.165, 1.54) is 12.1 Å². The first kappa shape index (κ1) is 19.3. The summed E-state index contributed by atoms with van der Waals surface area (Å²) < 4.78 is 12.9. The summed E-state index contributed by atoms with van der Waals surface area (Å²) in [5.74, 6) is -0.850. The number of hydrogen-bond donors (Lipinski definition) is 2. The van der Waals surface area contributed by atoms with Crippen LogP contribution in [0.4, 0.5) is 4.39 Å². The lowest BCUT2D eigenvalue weighted by molar-refractivity contribution is -0.120. The van der Waals surface area contributed by atoms with Crippen LogP contribution in [0.15, 0.2) is 78.9 Å². The number of carbonyl (C=O) groups is 2. The van der Waals surface area contributed by atoms with Gasteiger partial charge < -0.3 is 10.6 Å². The molecule has 0 radical (unpaired) electrons. The van der Waals surface area contributed by atoms with Gasteiger partial charge >= 0.3 is 0 Å². The molecule has 0 aromatic heterocycles. The molecular formula is C23H21FN2O2. The topological polar surface area (TPSA) is 58.2 Å². The molecule has 2 N–H and O–H groups in total. The Morgan fingerprint density at radius 1 is 0.750 bits per heavy atom. The largest absolute Gasteiger partial charge is 0.354 e. The maximum absolute atomic E-state index is 12.9. The molecule has 3 rings (SSSR count). The van der Waals surface area contributed by atoms with Gasteiger partial charge in [-0.25, -0.2) is 4.39 Å². The summed E-state index contributed by atoms with van der Waals surface area (Å²) in [6, 6.07) is 23.3. The SMILES string of the molecule is O=C(CNC(=O)c1ccc(-c2ccccc2)cc1)NCCc1ccc(F)cc1. The summed E-state index contributed by atoms with van der Waals surface area (Å²) >= 11 is 0. The van der Waals surface area contributed by atoms with Crippen LogP contribution in [0, 0.1) is 5.82 Å². The van der Waals surface area contributed by atoms with E-state index in [1.54, 1.807) is 24.3 Å². The van der Waals surface area contributed by atoms with Crippen LogP contribution in [-0.2, 0) is 11.2 Å². The van der Waals surface area contributed by atoms with Crippen molar-refractivity contribution >= 4 is 11.8 Å². The molecule has 2 amide bonds.